The van der Waals surface area contributed by atoms with E-state index in [0.29, 0.717) is 12.3 Å². The van der Waals surface area contributed by atoms with E-state index in [0.717, 1.165) is 57.6 Å². The lowest BCUT2D eigenvalue weighted by Gasteiger charge is -2.65. The van der Waals surface area contributed by atoms with E-state index >= 15 is 0 Å². The van der Waals surface area contributed by atoms with E-state index in [1.165, 1.54) is 12.8 Å². The van der Waals surface area contributed by atoms with Gasteiger partial charge < -0.3 is 19.4 Å². The number of hydrogen-bond donors (Lipinski definition) is 0. The second-order valence-corrected chi connectivity index (χ2v) is 14.4. The van der Waals surface area contributed by atoms with Crippen LogP contribution in [0.15, 0.2) is 11.6 Å². The van der Waals surface area contributed by atoms with E-state index in [-0.39, 0.29) is 59.0 Å². The van der Waals surface area contributed by atoms with Gasteiger partial charge in [-0.15, -0.1) is 0 Å². The highest BCUT2D eigenvalue weighted by molar-refractivity contribution is 6.01. The van der Waals surface area contributed by atoms with Crippen molar-refractivity contribution in [1.82, 2.24) is 0 Å². The molecule has 3 heterocycles. The fourth-order valence-corrected chi connectivity index (χ4v) is 10.2. The Hall–Kier alpha value is -2.35. The number of carboxylic acids is 1. The van der Waals surface area contributed by atoms with Crippen LogP contribution in [0.4, 0.5) is 0 Å². The van der Waals surface area contributed by atoms with E-state index < -0.39 is 16.8 Å². The second kappa shape index (κ2) is 9.60. The Balaban J connectivity index is 0.000000758. The average Bonchev–Trinajstić information content (AvgIpc) is 3.11. The summed E-state index contributed by atoms with van der Waals surface area (Å²) in [5.74, 6) is -0.868. The maximum Gasteiger partial charge on any atom is 0.306 e. The van der Waals surface area contributed by atoms with Crippen molar-refractivity contribution >= 4 is 29.2 Å². The second-order valence-electron chi connectivity index (χ2n) is 14.4. The first kappa shape index (κ1) is 29.2. The molecule has 0 aromatic heterocycles. The monoisotopic (exact) mass is 555 g/mol. The number of nitrogens with zero attached hydrogens (tertiary/aromatic N) is 1. The number of allylic oxidation sites excluding steroid dienone is 2. The van der Waals surface area contributed by atoms with Gasteiger partial charge in [-0.25, -0.2) is 4.58 Å². The van der Waals surface area contributed by atoms with Gasteiger partial charge in [0.1, 0.15) is 11.9 Å². The van der Waals surface area contributed by atoms with Crippen LogP contribution in [0.25, 0.3) is 0 Å². The molecule has 8 nitrogen and oxygen atoms in total. The number of carbonyl (C=O) groups is 4. The molecule has 0 amide bonds. The molecule has 40 heavy (non-hydrogen) atoms. The third-order valence-electron chi connectivity index (χ3n) is 11.8. The van der Waals surface area contributed by atoms with E-state index in [4.69, 9.17) is 19.4 Å². The Kier molecular flexibility index (Phi) is 7.00. The maximum absolute atomic E-state index is 14.1. The number of Topliss-reactive ketones (excluding diaryl/α,β-unsaturated/α-hetero) is 1. The number of hydrogen-bond acceptors (Lipinski definition) is 7. The zero-order valence-electron chi connectivity index (χ0n) is 25.1. The van der Waals surface area contributed by atoms with Crippen LogP contribution in [0.1, 0.15) is 92.9 Å². The number of fused-ring (bicyclic) bond motifs is 5. The molecule has 9 atom stereocenters. The zero-order chi connectivity index (χ0) is 29.4. The molecular formula is C32H45NO7. The third-order valence-corrected chi connectivity index (χ3v) is 11.8. The Labute approximate surface area is 237 Å². The van der Waals surface area contributed by atoms with Gasteiger partial charge in [-0.3, -0.25) is 14.4 Å². The van der Waals surface area contributed by atoms with Gasteiger partial charge in [0.25, 0.3) is 5.72 Å². The largest absolute Gasteiger partial charge is 0.550 e. The van der Waals surface area contributed by atoms with Crippen molar-refractivity contribution in [3.8, 4) is 0 Å². The minimum absolute atomic E-state index is 0.103. The predicted octanol–water partition coefficient (Wildman–Crippen LogP) is 3.24. The number of aliphatic carboxylic acids is 1. The normalized spacial score (nSPS) is 45.2. The number of rotatable bonds is 2. The molecule has 3 aliphatic heterocycles. The Bertz CT molecular complexity index is 1220. The molecule has 2 saturated heterocycles. The Morgan fingerprint density at radius 1 is 1.18 bits per heavy atom. The van der Waals surface area contributed by atoms with Gasteiger partial charge in [0.15, 0.2) is 18.0 Å². The van der Waals surface area contributed by atoms with Crippen LogP contribution in [0.2, 0.25) is 0 Å². The lowest BCUT2D eigenvalue weighted by Crippen LogP contribution is -2.70. The average molecular weight is 556 g/mol. The summed E-state index contributed by atoms with van der Waals surface area (Å²) in [6.07, 6.45) is 8.10. The van der Waals surface area contributed by atoms with E-state index in [9.17, 15) is 14.4 Å². The molecule has 6 aliphatic rings. The number of carbonyl (C=O) groups excluding carboxylic acids is 4. The van der Waals surface area contributed by atoms with Crippen molar-refractivity contribution in [3.63, 3.8) is 0 Å². The van der Waals surface area contributed by atoms with Crippen LogP contribution in [-0.4, -0.2) is 59.3 Å². The lowest BCUT2D eigenvalue weighted by atomic mass is 9.36. The van der Waals surface area contributed by atoms with Crippen molar-refractivity contribution in [1.29, 1.82) is 0 Å². The van der Waals surface area contributed by atoms with Crippen LogP contribution in [0.5, 0.6) is 0 Å². The molecule has 2 bridgehead atoms. The van der Waals surface area contributed by atoms with Gasteiger partial charge in [0.2, 0.25) is 0 Å². The number of methoxy groups -OCH3 is 1. The molecule has 0 unspecified atom stereocenters. The summed E-state index contributed by atoms with van der Waals surface area (Å²) >= 11 is 0. The molecule has 3 aliphatic carbocycles. The summed E-state index contributed by atoms with van der Waals surface area (Å²) in [5.41, 5.74) is 0.910. The smallest absolute Gasteiger partial charge is 0.306 e. The zero-order valence-corrected chi connectivity index (χ0v) is 25.1. The molecular weight excluding hydrogens is 510 g/mol. The third kappa shape index (κ3) is 4.14. The first-order valence-electron chi connectivity index (χ1n) is 14.9. The quantitative estimate of drug-likeness (QED) is 0.380. The molecule has 0 aromatic rings. The van der Waals surface area contributed by atoms with Gasteiger partial charge in [0.05, 0.1) is 18.9 Å². The molecule has 6 rings (SSSR count). The van der Waals surface area contributed by atoms with Gasteiger partial charge in [-0.2, -0.15) is 0 Å². The summed E-state index contributed by atoms with van der Waals surface area (Å²) in [7, 11) is 1.45. The summed E-state index contributed by atoms with van der Waals surface area (Å²) < 4.78 is 14.6. The fraction of sp³-hybridized carbons (Fsp3) is 0.781. The van der Waals surface area contributed by atoms with Crippen molar-refractivity contribution < 1.29 is 38.3 Å². The van der Waals surface area contributed by atoms with Crippen LogP contribution in [0, 0.1) is 39.9 Å². The van der Waals surface area contributed by atoms with Crippen LogP contribution >= 0.6 is 0 Å². The van der Waals surface area contributed by atoms with Gasteiger partial charge in [0, 0.05) is 48.9 Å². The van der Waals surface area contributed by atoms with Crippen molar-refractivity contribution in [3.05, 3.63) is 11.6 Å². The molecule has 8 heteroatoms. The standard InChI is InChI=1S/C30H42NO5.C2H4O2/c1-17-10-21-20(22(32)11-17)12-23(33)26-27(21,3)14-24-28(4,29(26,5)15-25(34)35-6)7-8-30-13-18(2)9-19(36-30)16-31(24)30;1-2(3)4/h11,18-21,26H,7-10,12-16H2,1-6H3;1H3,(H,3,4)/q+1;/p-1/t18-,19+,20-,21+,26-,27-,28+,29-,30-;/m0./s1. The fourth-order valence-electron chi connectivity index (χ4n) is 10.2. The number of carboxylic acid groups (broad SMARTS) is 1. The summed E-state index contributed by atoms with van der Waals surface area (Å²) in [5, 5.41) is 8.89. The summed E-state index contributed by atoms with van der Waals surface area (Å²) in [6.45, 7) is 13.0. The van der Waals surface area contributed by atoms with Crippen LogP contribution < -0.4 is 5.11 Å². The molecule has 1 spiro atoms. The molecule has 0 aromatic carbocycles. The Morgan fingerprint density at radius 3 is 2.50 bits per heavy atom. The minimum atomic E-state index is -1.08. The van der Waals surface area contributed by atoms with Crippen molar-refractivity contribution in [2.45, 2.75) is 105 Å². The first-order valence-corrected chi connectivity index (χ1v) is 14.9. The molecule has 4 fully saturated rings. The predicted molar refractivity (Wildman–Crippen MR) is 145 cm³/mol. The molecule has 2 saturated carbocycles. The minimum Gasteiger partial charge on any atom is -0.550 e. The highest BCUT2D eigenvalue weighted by Crippen LogP contribution is 2.70. The SMILES string of the molecule is CC(=O)[O-].COC(=O)C[C@@]1(C)[C@H]2C(=O)C[C@@H]3C(=O)C=C(C)C[C@H]3[C@]2(C)CC2=[N+]3C[C@H]4C[C@H](C)C[C@]3(CC[C@]21C)O4. The van der Waals surface area contributed by atoms with Crippen LogP contribution in [0.3, 0.4) is 0 Å². The summed E-state index contributed by atoms with van der Waals surface area (Å²) in [6, 6.07) is 0. The van der Waals surface area contributed by atoms with Crippen molar-refractivity contribution in [2.75, 3.05) is 13.7 Å². The highest BCUT2D eigenvalue weighted by Gasteiger charge is 2.74. The van der Waals surface area contributed by atoms with Crippen LogP contribution in [-0.2, 0) is 28.7 Å². The van der Waals surface area contributed by atoms with Gasteiger partial charge in [-0.05, 0) is 63.4 Å². The number of ketones is 2. The molecule has 0 N–H and O–H groups in total. The lowest BCUT2D eigenvalue weighted by molar-refractivity contribution is -0.635. The van der Waals surface area contributed by atoms with E-state index in [2.05, 4.69) is 32.3 Å². The highest BCUT2D eigenvalue weighted by atomic mass is 16.5. The van der Waals surface area contributed by atoms with E-state index in [1.54, 1.807) is 6.08 Å². The maximum atomic E-state index is 14.1. The topological polar surface area (TPSA) is 113 Å². The molecule has 0 radical (unpaired) electrons. The van der Waals surface area contributed by atoms with Gasteiger partial charge in [-0.1, -0.05) is 26.3 Å². The Morgan fingerprint density at radius 2 is 1.85 bits per heavy atom. The van der Waals surface area contributed by atoms with E-state index in [1.807, 2.05) is 6.92 Å². The first-order chi connectivity index (χ1) is 18.6. The number of ether oxygens (including phenoxy) is 2. The summed E-state index contributed by atoms with van der Waals surface area (Å²) in [4.78, 5) is 49.1. The number of esters is 1. The van der Waals surface area contributed by atoms with Crippen molar-refractivity contribution in [2.24, 2.45) is 39.9 Å². The molecule has 220 valence electrons. The van der Waals surface area contributed by atoms with Gasteiger partial charge >= 0.3 is 5.97 Å².